The molecule has 0 aliphatic heterocycles. The molecule has 0 fully saturated rings. The summed E-state index contributed by atoms with van der Waals surface area (Å²) in [6.45, 7) is 0. The van der Waals surface area contributed by atoms with Crippen LogP contribution in [0, 0.1) is 5.82 Å². The van der Waals surface area contributed by atoms with Crippen LogP contribution >= 0.6 is 0 Å². The Morgan fingerprint density at radius 3 is 2.86 bits per heavy atom. The molecule has 66 valence electrons. The Labute approximate surface area is 100 Å². The van der Waals surface area contributed by atoms with Crippen molar-refractivity contribution in [2.75, 3.05) is 0 Å². The van der Waals surface area contributed by atoms with Crippen LogP contribution < -0.4 is 34.7 Å². The quantitative estimate of drug-likeness (QED) is 0.503. The second kappa shape index (κ2) is 4.08. The number of nitrogens with zero attached hydrogens (tertiary/aromatic N) is 1. The van der Waals surface area contributed by atoms with Crippen LogP contribution in [-0.4, -0.2) is 16.2 Å². The van der Waals surface area contributed by atoms with E-state index >= 15 is 0 Å². The largest absolute Gasteiger partial charge is 1.00 e. The molecule has 1 aromatic heterocycles. The number of H-pyrrole nitrogens is 1. The molecule has 6 heteroatoms. The van der Waals surface area contributed by atoms with E-state index in [0.717, 1.165) is 6.07 Å². The fraction of sp³-hybridized carbons (Fsp3) is 0. The summed E-state index contributed by atoms with van der Waals surface area (Å²) in [6.07, 6.45) is 0. The molecule has 0 saturated heterocycles. The molecule has 1 aromatic carbocycles. The van der Waals surface area contributed by atoms with Gasteiger partial charge in [-0.3, -0.25) is 5.10 Å². The van der Waals surface area contributed by atoms with Gasteiger partial charge in [0.2, 0.25) is 0 Å². The zero-order chi connectivity index (χ0) is 9.42. The number of carboxylic acid groups (broad SMARTS) is 1. The van der Waals surface area contributed by atoms with Crippen molar-refractivity contribution in [2.45, 2.75) is 0 Å². The number of nitrogens with one attached hydrogen (secondary N) is 1. The number of rotatable bonds is 1. The van der Waals surface area contributed by atoms with E-state index in [0.29, 0.717) is 5.52 Å². The number of halogens is 1. The Hall–Kier alpha value is -0.910. The number of benzene rings is 1. The maximum atomic E-state index is 12.7. The Morgan fingerprint density at radius 2 is 2.21 bits per heavy atom. The summed E-state index contributed by atoms with van der Waals surface area (Å²) in [4.78, 5) is 10.5. The molecule has 2 rings (SSSR count). The Balaban J connectivity index is 0.000000980. The minimum absolute atomic E-state index is 0. The molecule has 4 nitrogen and oxygen atoms in total. The Kier molecular flexibility index (Phi) is 3.25. The number of carbonyl (C=O) groups excluding carboxylic acids is 1. The van der Waals surface area contributed by atoms with Crippen LogP contribution in [0.25, 0.3) is 10.9 Å². The van der Waals surface area contributed by atoms with E-state index in [1.54, 1.807) is 0 Å². The van der Waals surface area contributed by atoms with Crippen LogP contribution in [0.1, 0.15) is 10.5 Å². The minimum Gasteiger partial charge on any atom is -0.543 e. The number of hydrogen-bond acceptors (Lipinski definition) is 3. The second-order valence-corrected chi connectivity index (χ2v) is 2.55. The third-order valence-corrected chi connectivity index (χ3v) is 1.72. The predicted molar refractivity (Wildman–Crippen MR) is 40.4 cm³/mol. The van der Waals surface area contributed by atoms with Gasteiger partial charge in [-0.1, -0.05) is 0 Å². The van der Waals surface area contributed by atoms with Gasteiger partial charge >= 0.3 is 29.6 Å². The normalized spacial score (nSPS) is 9.79. The second-order valence-electron chi connectivity index (χ2n) is 2.55. The SMILES string of the molecule is O=C([O-])c1n[nH]c2ccc(F)cc12.[Na+]. The van der Waals surface area contributed by atoms with Crippen molar-refractivity contribution in [1.82, 2.24) is 10.2 Å². The summed E-state index contributed by atoms with van der Waals surface area (Å²) < 4.78 is 12.7. The summed E-state index contributed by atoms with van der Waals surface area (Å²) in [6, 6.07) is 3.74. The number of fused-ring (bicyclic) bond motifs is 1. The molecular formula is C8H4FN2NaO2. The van der Waals surface area contributed by atoms with Crippen molar-refractivity contribution in [1.29, 1.82) is 0 Å². The molecule has 2 aromatic rings. The first-order chi connectivity index (χ1) is 6.18. The first-order valence-electron chi connectivity index (χ1n) is 3.53. The van der Waals surface area contributed by atoms with Gasteiger partial charge in [-0.05, 0) is 18.2 Å². The third-order valence-electron chi connectivity index (χ3n) is 1.72. The molecule has 0 unspecified atom stereocenters. The first-order valence-corrected chi connectivity index (χ1v) is 3.53. The van der Waals surface area contributed by atoms with E-state index < -0.39 is 11.8 Å². The summed E-state index contributed by atoms with van der Waals surface area (Å²) in [5.74, 6) is -1.92. The molecule has 0 spiro atoms. The van der Waals surface area contributed by atoms with Gasteiger partial charge in [-0.25, -0.2) is 4.39 Å². The predicted octanol–water partition coefficient (Wildman–Crippen LogP) is -2.93. The summed E-state index contributed by atoms with van der Waals surface area (Å²) in [7, 11) is 0. The number of carboxylic acids is 1. The molecule has 0 saturated carbocycles. The summed E-state index contributed by atoms with van der Waals surface area (Å²) in [5, 5.41) is 16.6. The van der Waals surface area contributed by atoms with Crippen LogP contribution in [-0.2, 0) is 0 Å². The topological polar surface area (TPSA) is 68.8 Å². The van der Waals surface area contributed by atoms with E-state index in [-0.39, 0.29) is 40.6 Å². The van der Waals surface area contributed by atoms with Crippen LogP contribution in [0.5, 0.6) is 0 Å². The van der Waals surface area contributed by atoms with Crippen LogP contribution in [0.3, 0.4) is 0 Å². The first kappa shape index (κ1) is 11.2. The van der Waals surface area contributed by atoms with Crippen LogP contribution in [0.2, 0.25) is 0 Å². The standard InChI is InChI=1S/C8H5FN2O2.Na/c9-4-1-2-6-5(3-4)7(8(12)13)11-10-6;/h1-3H,(H,10,11)(H,12,13);/q;+1/p-1. The molecule has 14 heavy (non-hydrogen) atoms. The van der Waals surface area contributed by atoms with Gasteiger partial charge in [0.15, 0.2) is 0 Å². The molecular weight excluding hydrogens is 198 g/mol. The summed E-state index contributed by atoms with van der Waals surface area (Å²) >= 11 is 0. The van der Waals surface area contributed by atoms with Crippen molar-refractivity contribution in [3.05, 3.63) is 29.7 Å². The minimum atomic E-state index is -1.42. The zero-order valence-electron chi connectivity index (χ0n) is 7.37. The molecule has 1 heterocycles. The van der Waals surface area contributed by atoms with Gasteiger partial charge in [0.05, 0.1) is 11.5 Å². The van der Waals surface area contributed by atoms with Gasteiger partial charge in [0.25, 0.3) is 0 Å². The van der Waals surface area contributed by atoms with E-state index in [2.05, 4.69) is 10.2 Å². The average Bonchev–Trinajstić information content (AvgIpc) is 2.46. The average molecular weight is 202 g/mol. The number of carbonyl (C=O) groups is 1. The smallest absolute Gasteiger partial charge is 0.543 e. The van der Waals surface area contributed by atoms with Crippen LogP contribution in [0.4, 0.5) is 4.39 Å². The number of aromatic amines is 1. The van der Waals surface area contributed by atoms with E-state index in [9.17, 15) is 14.3 Å². The van der Waals surface area contributed by atoms with Crippen LogP contribution in [0.15, 0.2) is 18.2 Å². The van der Waals surface area contributed by atoms with Gasteiger partial charge in [0.1, 0.15) is 11.5 Å². The van der Waals surface area contributed by atoms with E-state index in [4.69, 9.17) is 0 Å². The van der Waals surface area contributed by atoms with Crippen molar-refractivity contribution in [3.63, 3.8) is 0 Å². The van der Waals surface area contributed by atoms with Crippen molar-refractivity contribution >= 4 is 16.9 Å². The molecule has 0 amide bonds. The monoisotopic (exact) mass is 202 g/mol. The fourth-order valence-corrected chi connectivity index (χ4v) is 1.14. The fourth-order valence-electron chi connectivity index (χ4n) is 1.14. The zero-order valence-corrected chi connectivity index (χ0v) is 9.37. The van der Waals surface area contributed by atoms with E-state index in [1.807, 2.05) is 0 Å². The molecule has 0 aliphatic carbocycles. The number of aromatic carboxylic acids is 1. The Bertz CT molecular complexity index is 483. The molecule has 0 aliphatic rings. The maximum Gasteiger partial charge on any atom is 1.00 e. The van der Waals surface area contributed by atoms with Crippen molar-refractivity contribution < 1.29 is 43.8 Å². The van der Waals surface area contributed by atoms with Gasteiger partial charge in [-0.15, -0.1) is 0 Å². The van der Waals surface area contributed by atoms with Gasteiger partial charge < -0.3 is 9.90 Å². The van der Waals surface area contributed by atoms with E-state index in [1.165, 1.54) is 12.1 Å². The van der Waals surface area contributed by atoms with Crippen molar-refractivity contribution in [3.8, 4) is 0 Å². The molecule has 0 atom stereocenters. The third kappa shape index (κ3) is 1.79. The summed E-state index contributed by atoms with van der Waals surface area (Å²) in [5.41, 5.74) is 0.204. The van der Waals surface area contributed by atoms with Gasteiger partial charge in [-0.2, -0.15) is 5.10 Å². The number of hydrogen-bond donors (Lipinski definition) is 1. The Morgan fingerprint density at radius 1 is 1.50 bits per heavy atom. The maximum absolute atomic E-state index is 12.7. The molecule has 0 radical (unpaired) electrons. The van der Waals surface area contributed by atoms with Gasteiger partial charge in [0, 0.05) is 5.39 Å². The number of aromatic nitrogens is 2. The molecule has 0 bridgehead atoms. The van der Waals surface area contributed by atoms with Crippen molar-refractivity contribution in [2.24, 2.45) is 0 Å². The molecule has 1 N–H and O–H groups in total.